The zero-order valence-electron chi connectivity index (χ0n) is 6.24. The number of nitrogens with zero attached hydrogens (tertiary/aromatic N) is 1. The van der Waals surface area contributed by atoms with Crippen molar-refractivity contribution in [2.75, 3.05) is 0 Å². The van der Waals surface area contributed by atoms with Crippen LogP contribution in [0.2, 0.25) is 0 Å². The average Bonchev–Trinajstić information content (AvgIpc) is 2.04. The number of rotatable bonds is 2. The SMILES string of the molecule is O=C(O)c1nc(C(F)F)ccc1O. The summed E-state index contributed by atoms with van der Waals surface area (Å²) in [6.45, 7) is 0. The molecule has 0 aromatic carbocycles. The Hall–Kier alpha value is -1.72. The highest BCUT2D eigenvalue weighted by Gasteiger charge is 2.16. The van der Waals surface area contributed by atoms with Gasteiger partial charge in [0.2, 0.25) is 0 Å². The van der Waals surface area contributed by atoms with Crippen molar-refractivity contribution in [3.05, 3.63) is 23.5 Å². The van der Waals surface area contributed by atoms with Gasteiger partial charge in [-0.05, 0) is 12.1 Å². The highest BCUT2D eigenvalue weighted by molar-refractivity contribution is 5.88. The first-order valence-corrected chi connectivity index (χ1v) is 3.23. The van der Waals surface area contributed by atoms with Gasteiger partial charge in [0.25, 0.3) is 6.43 Å². The van der Waals surface area contributed by atoms with E-state index >= 15 is 0 Å². The van der Waals surface area contributed by atoms with E-state index in [1.807, 2.05) is 0 Å². The van der Waals surface area contributed by atoms with Gasteiger partial charge in [0, 0.05) is 0 Å². The van der Waals surface area contributed by atoms with Gasteiger partial charge in [0.05, 0.1) is 0 Å². The molecule has 0 unspecified atom stereocenters. The van der Waals surface area contributed by atoms with E-state index in [1.165, 1.54) is 0 Å². The molecule has 6 heteroatoms. The molecule has 0 radical (unpaired) electrons. The zero-order valence-corrected chi connectivity index (χ0v) is 6.24. The molecular weight excluding hydrogens is 184 g/mol. The molecule has 0 atom stereocenters. The molecule has 1 heterocycles. The van der Waals surface area contributed by atoms with Gasteiger partial charge in [0.15, 0.2) is 5.69 Å². The summed E-state index contributed by atoms with van der Waals surface area (Å²) in [5, 5.41) is 17.3. The summed E-state index contributed by atoms with van der Waals surface area (Å²) in [6.07, 6.45) is -2.85. The second-order valence-corrected chi connectivity index (χ2v) is 2.21. The minimum absolute atomic E-state index is 0.628. The Morgan fingerprint density at radius 2 is 2.08 bits per heavy atom. The summed E-state index contributed by atoms with van der Waals surface area (Å²) < 4.78 is 24.0. The van der Waals surface area contributed by atoms with E-state index in [0.29, 0.717) is 0 Å². The second-order valence-electron chi connectivity index (χ2n) is 2.21. The predicted molar refractivity (Wildman–Crippen MR) is 37.8 cm³/mol. The Morgan fingerprint density at radius 1 is 1.46 bits per heavy atom. The predicted octanol–water partition coefficient (Wildman–Crippen LogP) is 1.42. The number of hydrogen-bond acceptors (Lipinski definition) is 3. The number of carboxylic acids is 1. The van der Waals surface area contributed by atoms with Crippen molar-refractivity contribution in [3.8, 4) is 5.75 Å². The lowest BCUT2D eigenvalue weighted by Crippen LogP contribution is -2.03. The van der Waals surface area contributed by atoms with Crippen LogP contribution in [0.5, 0.6) is 5.75 Å². The molecule has 0 aliphatic carbocycles. The molecule has 1 aromatic rings. The van der Waals surface area contributed by atoms with Crippen molar-refractivity contribution >= 4 is 5.97 Å². The van der Waals surface area contributed by atoms with Crippen LogP contribution < -0.4 is 0 Å². The van der Waals surface area contributed by atoms with Crippen molar-refractivity contribution in [2.45, 2.75) is 6.43 Å². The topological polar surface area (TPSA) is 70.4 Å². The molecular formula is C7H5F2NO3. The van der Waals surface area contributed by atoms with Crippen molar-refractivity contribution < 1.29 is 23.8 Å². The van der Waals surface area contributed by atoms with Gasteiger partial charge in [-0.2, -0.15) is 0 Å². The number of carboxylic acid groups (broad SMARTS) is 1. The van der Waals surface area contributed by atoms with Crippen molar-refractivity contribution in [1.29, 1.82) is 0 Å². The van der Waals surface area contributed by atoms with Gasteiger partial charge in [-0.15, -0.1) is 0 Å². The minimum atomic E-state index is -2.85. The maximum atomic E-state index is 12.0. The summed E-state index contributed by atoms with van der Waals surface area (Å²) in [6, 6.07) is 1.74. The Bertz CT molecular complexity index is 341. The van der Waals surface area contributed by atoms with Crippen molar-refractivity contribution in [3.63, 3.8) is 0 Å². The van der Waals surface area contributed by atoms with E-state index < -0.39 is 29.5 Å². The summed E-state index contributed by atoms with van der Waals surface area (Å²) in [5.74, 6) is -2.17. The Labute approximate surface area is 71.5 Å². The van der Waals surface area contributed by atoms with E-state index in [2.05, 4.69) is 4.98 Å². The maximum Gasteiger partial charge on any atom is 0.358 e. The first-order valence-electron chi connectivity index (χ1n) is 3.23. The van der Waals surface area contributed by atoms with E-state index in [0.717, 1.165) is 12.1 Å². The molecule has 4 nitrogen and oxygen atoms in total. The third-order valence-electron chi connectivity index (χ3n) is 1.32. The Kier molecular flexibility index (Phi) is 2.41. The Balaban J connectivity index is 3.19. The fraction of sp³-hybridized carbons (Fsp3) is 0.143. The molecule has 2 N–H and O–H groups in total. The monoisotopic (exact) mass is 189 g/mol. The number of aromatic carboxylic acids is 1. The average molecular weight is 189 g/mol. The van der Waals surface area contributed by atoms with Gasteiger partial charge in [0.1, 0.15) is 11.4 Å². The molecule has 70 valence electrons. The quantitative estimate of drug-likeness (QED) is 0.738. The summed E-state index contributed by atoms with van der Waals surface area (Å²) in [4.78, 5) is 13.4. The molecule has 0 fully saturated rings. The minimum Gasteiger partial charge on any atom is -0.505 e. The standard InChI is InChI=1S/C7H5F2NO3/c8-6(9)3-1-2-4(11)5(10-3)7(12)13/h1-2,6,11H,(H,12,13). The summed E-state index contributed by atoms with van der Waals surface area (Å²) in [7, 11) is 0. The smallest absolute Gasteiger partial charge is 0.358 e. The fourth-order valence-electron chi connectivity index (χ4n) is 0.746. The highest BCUT2D eigenvalue weighted by Crippen LogP contribution is 2.21. The number of halogens is 2. The number of hydrogen-bond donors (Lipinski definition) is 2. The number of aromatic hydroxyl groups is 1. The Morgan fingerprint density at radius 3 is 2.54 bits per heavy atom. The summed E-state index contributed by atoms with van der Waals surface area (Å²) >= 11 is 0. The van der Waals surface area contributed by atoms with Crippen molar-refractivity contribution in [1.82, 2.24) is 4.98 Å². The van der Waals surface area contributed by atoms with E-state index in [4.69, 9.17) is 10.2 Å². The maximum absolute atomic E-state index is 12.0. The van der Waals surface area contributed by atoms with Gasteiger partial charge in [-0.1, -0.05) is 0 Å². The van der Waals surface area contributed by atoms with Gasteiger partial charge < -0.3 is 10.2 Å². The van der Waals surface area contributed by atoms with E-state index in [-0.39, 0.29) is 0 Å². The lowest BCUT2D eigenvalue weighted by molar-refractivity contribution is 0.0685. The van der Waals surface area contributed by atoms with Crippen molar-refractivity contribution in [2.24, 2.45) is 0 Å². The van der Waals surface area contributed by atoms with Crippen LogP contribution >= 0.6 is 0 Å². The normalized spacial score (nSPS) is 10.4. The highest BCUT2D eigenvalue weighted by atomic mass is 19.3. The van der Waals surface area contributed by atoms with Crippen LogP contribution in [0.15, 0.2) is 12.1 Å². The van der Waals surface area contributed by atoms with Crippen LogP contribution in [0.25, 0.3) is 0 Å². The van der Waals surface area contributed by atoms with Gasteiger partial charge in [-0.3, -0.25) is 0 Å². The van der Waals surface area contributed by atoms with Crippen LogP contribution in [0, 0.1) is 0 Å². The molecule has 1 aromatic heterocycles. The molecule has 13 heavy (non-hydrogen) atoms. The molecule has 0 aliphatic heterocycles. The van der Waals surface area contributed by atoms with Crippen LogP contribution in [0.1, 0.15) is 22.6 Å². The molecule has 0 bridgehead atoms. The lowest BCUT2D eigenvalue weighted by Gasteiger charge is -2.01. The molecule has 0 saturated heterocycles. The lowest BCUT2D eigenvalue weighted by atomic mass is 10.3. The molecule has 0 saturated carbocycles. The van der Waals surface area contributed by atoms with Crippen LogP contribution in [0.4, 0.5) is 8.78 Å². The van der Waals surface area contributed by atoms with E-state index in [9.17, 15) is 13.6 Å². The molecule has 0 amide bonds. The van der Waals surface area contributed by atoms with Gasteiger partial charge in [-0.25, -0.2) is 18.6 Å². The molecule has 0 spiro atoms. The zero-order chi connectivity index (χ0) is 10.0. The van der Waals surface area contributed by atoms with Crippen LogP contribution in [-0.2, 0) is 0 Å². The van der Waals surface area contributed by atoms with Crippen LogP contribution in [0.3, 0.4) is 0 Å². The molecule has 0 aliphatic rings. The summed E-state index contributed by atoms with van der Waals surface area (Å²) in [5.41, 5.74) is -1.44. The number of aromatic nitrogens is 1. The third kappa shape index (κ3) is 1.90. The number of carbonyl (C=O) groups is 1. The first kappa shape index (κ1) is 9.37. The fourth-order valence-corrected chi connectivity index (χ4v) is 0.746. The number of alkyl halides is 2. The second kappa shape index (κ2) is 3.34. The van der Waals surface area contributed by atoms with E-state index in [1.54, 1.807) is 0 Å². The number of pyridine rings is 1. The molecule has 1 rings (SSSR count). The van der Waals surface area contributed by atoms with Crippen LogP contribution in [-0.4, -0.2) is 21.2 Å². The van der Waals surface area contributed by atoms with Gasteiger partial charge >= 0.3 is 5.97 Å². The first-order chi connectivity index (χ1) is 6.02. The largest absolute Gasteiger partial charge is 0.505 e. The third-order valence-corrected chi connectivity index (χ3v) is 1.32.